The Bertz CT molecular complexity index is 662. The average molecular weight is 314 g/mol. The van der Waals surface area contributed by atoms with Crippen molar-refractivity contribution < 1.29 is 5.11 Å². The summed E-state index contributed by atoms with van der Waals surface area (Å²) in [6, 6.07) is 4.80. The van der Waals surface area contributed by atoms with Gasteiger partial charge in [-0.1, -0.05) is 23.3 Å². The second-order valence-corrected chi connectivity index (χ2v) is 7.80. The van der Waals surface area contributed by atoms with Crippen molar-refractivity contribution in [3.8, 4) is 5.75 Å². The molecule has 2 saturated carbocycles. The van der Waals surface area contributed by atoms with Gasteiger partial charge in [-0.3, -0.25) is 0 Å². The van der Waals surface area contributed by atoms with Crippen LogP contribution in [0.25, 0.3) is 0 Å². The van der Waals surface area contributed by atoms with E-state index < -0.39 is 12.1 Å². The molecule has 0 aliphatic heterocycles. The molecule has 122 valence electrons. The maximum atomic E-state index is 11.4. The van der Waals surface area contributed by atoms with Crippen LogP contribution in [0.15, 0.2) is 28.6 Å². The van der Waals surface area contributed by atoms with Crippen LogP contribution in [0, 0.1) is 27.1 Å². The molecular weight excluding hydrogens is 292 g/mol. The first-order chi connectivity index (χ1) is 11.1. The van der Waals surface area contributed by atoms with Gasteiger partial charge < -0.3 is 5.11 Å². The van der Waals surface area contributed by atoms with Crippen LogP contribution in [0.3, 0.4) is 0 Å². The van der Waals surface area contributed by atoms with E-state index in [2.05, 4.69) is 23.3 Å². The Balaban J connectivity index is 1.71. The minimum Gasteiger partial charge on any atom is -0.508 e. The summed E-state index contributed by atoms with van der Waals surface area (Å²) in [5.41, 5.74) is 2.41. The largest absolute Gasteiger partial charge is 0.508 e. The first-order valence-electron chi connectivity index (χ1n) is 8.55. The van der Waals surface area contributed by atoms with Gasteiger partial charge in [0.15, 0.2) is 0 Å². The van der Waals surface area contributed by atoms with Gasteiger partial charge >= 0.3 is 0 Å². The van der Waals surface area contributed by atoms with Gasteiger partial charge in [0, 0.05) is 0 Å². The molecule has 6 atom stereocenters. The van der Waals surface area contributed by atoms with Crippen molar-refractivity contribution in [1.29, 1.82) is 0 Å². The maximum absolute atomic E-state index is 11.4. The lowest BCUT2D eigenvalue weighted by molar-refractivity contribution is 0.0496. The van der Waals surface area contributed by atoms with Gasteiger partial charge in [0.05, 0.1) is 0 Å². The Labute approximate surface area is 135 Å². The normalized spacial score (nSPS) is 41.5. The van der Waals surface area contributed by atoms with Gasteiger partial charge in [-0.25, -0.2) is 0 Å². The molecule has 1 N–H and O–H groups in total. The van der Waals surface area contributed by atoms with Crippen molar-refractivity contribution in [2.24, 2.45) is 27.6 Å². The number of rotatable bonds is 2. The summed E-state index contributed by atoms with van der Waals surface area (Å²) in [5.74, 6) is 1.63. The van der Waals surface area contributed by atoms with E-state index in [9.17, 15) is 14.9 Å². The predicted octanol–water partition coefficient (Wildman–Crippen LogP) is 4.13. The Morgan fingerprint density at radius 3 is 2.78 bits per heavy atom. The molecule has 2 fully saturated rings. The third-order valence-electron chi connectivity index (χ3n) is 6.93. The van der Waals surface area contributed by atoms with Gasteiger partial charge in [0.1, 0.15) is 17.8 Å². The molecule has 3 aliphatic rings. The molecule has 5 unspecified atom stereocenters. The Morgan fingerprint density at radius 1 is 1.22 bits per heavy atom. The maximum Gasteiger partial charge on any atom is 0.123 e. The Hall–Kier alpha value is -1.78. The summed E-state index contributed by atoms with van der Waals surface area (Å²) in [5, 5.41) is 16.3. The zero-order valence-corrected chi connectivity index (χ0v) is 13.3. The van der Waals surface area contributed by atoms with E-state index in [0.717, 1.165) is 25.7 Å². The van der Waals surface area contributed by atoms with E-state index in [-0.39, 0.29) is 5.41 Å². The average Bonchev–Trinajstić information content (AvgIpc) is 2.85. The summed E-state index contributed by atoms with van der Waals surface area (Å²) >= 11 is 0. The van der Waals surface area contributed by atoms with E-state index in [1.165, 1.54) is 11.1 Å². The van der Waals surface area contributed by atoms with Crippen LogP contribution in [0.1, 0.15) is 49.7 Å². The zero-order valence-electron chi connectivity index (χ0n) is 13.3. The topological polar surface area (TPSA) is 79.1 Å². The highest BCUT2D eigenvalue weighted by Gasteiger charge is 2.59. The number of hydrogen-bond acceptors (Lipinski definition) is 5. The molecule has 23 heavy (non-hydrogen) atoms. The number of fused-ring (bicyclic) bond motifs is 5. The molecule has 0 amide bonds. The van der Waals surface area contributed by atoms with Crippen LogP contribution in [-0.2, 0) is 6.42 Å². The van der Waals surface area contributed by atoms with Crippen molar-refractivity contribution in [3.05, 3.63) is 39.1 Å². The standard InChI is InChI=1S/C18H22N2O3/c1-18-7-6-13-12-5-3-11(21)8-10(12)2-4-14(13)15(18)9-16(19-22)17(18)20-23/h3,5,8,13-17,21H,2,4,6-7,9H2,1H3/t13?,14?,15?,16?,17?,18-/m0/s1. The number of hydrogen-bond donors (Lipinski definition) is 1. The smallest absolute Gasteiger partial charge is 0.123 e. The van der Waals surface area contributed by atoms with Gasteiger partial charge in [-0.2, -0.15) is 9.81 Å². The molecule has 3 aliphatic carbocycles. The van der Waals surface area contributed by atoms with E-state index in [1.807, 2.05) is 6.07 Å². The summed E-state index contributed by atoms with van der Waals surface area (Å²) in [7, 11) is 0. The van der Waals surface area contributed by atoms with E-state index in [0.29, 0.717) is 29.9 Å². The number of aromatic hydroxyl groups is 1. The molecule has 0 bridgehead atoms. The Morgan fingerprint density at radius 2 is 2.04 bits per heavy atom. The molecule has 5 heteroatoms. The number of phenolic OH excluding ortho intramolecular Hbond substituents is 1. The highest BCUT2D eigenvalue weighted by molar-refractivity contribution is 5.40. The molecule has 0 saturated heterocycles. The summed E-state index contributed by atoms with van der Waals surface area (Å²) in [6.07, 6.45) is 4.65. The fourth-order valence-corrected chi connectivity index (χ4v) is 5.85. The summed E-state index contributed by atoms with van der Waals surface area (Å²) in [6.45, 7) is 2.14. The zero-order chi connectivity index (χ0) is 16.2. The number of aryl methyl sites for hydroxylation is 1. The number of phenols is 1. The minimum absolute atomic E-state index is 0.185. The van der Waals surface area contributed by atoms with Crippen LogP contribution in [0.2, 0.25) is 0 Å². The lowest BCUT2D eigenvalue weighted by Gasteiger charge is -2.49. The highest BCUT2D eigenvalue weighted by Crippen LogP contribution is 2.62. The molecule has 0 heterocycles. The quantitative estimate of drug-likeness (QED) is 0.834. The Kier molecular flexibility index (Phi) is 3.29. The second kappa shape index (κ2) is 5.11. The van der Waals surface area contributed by atoms with Crippen molar-refractivity contribution >= 4 is 0 Å². The third kappa shape index (κ3) is 1.98. The fourth-order valence-electron chi connectivity index (χ4n) is 5.85. The van der Waals surface area contributed by atoms with Gasteiger partial charge in [0.2, 0.25) is 0 Å². The monoisotopic (exact) mass is 314 g/mol. The predicted molar refractivity (Wildman–Crippen MR) is 87.3 cm³/mol. The molecule has 0 radical (unpaired) electrons. The van der Waals surface area contributed by atoms with Crippen LogP contribution >= 0.6 is 0 Å². The number of nitrogens with zero attached hydrogens (tertiary/aromatic N) is 2. The fraction of sp³-hybridized carbons (Fsp3) is 0.667. The van der Waals surface area contributed by atoms with Crippen LogP contribution < -0.4 is 0 Å². The molecule has 0 spiro atoms. The third-order valence-corrected chi connectivity index (χ3v) is 6.93. The second-order valence-electron chi connectivity index (χ2n) is 7.80. The number of benzene rings is 1. The molecule has 1 aromatic rings. The van der Waals surface area contributed by atoms with Crippen LogP contribution in [0.4, 0.5) is 0 Å². The van der Waals surface area contributed by atoms with Crippen LogP contribution in [-0.4, -0.2) is 17.2 Å². The van der Waals surface area contributed by atoms with Crippen LogP contribution in [0.5, 0.6) is 5.75 Å². The lowest BCUT2D eigenvalue weighted by atomic mass is 9.55. The van der Waals surface area contributed by atoms with Gasteiger partial charge in [-0.15, -0.1) is 0 Å². The van der Waals surface area contributed by atoms with Crippen molar-refractivity contribution in [2.45, 2.75) is 57.0 Å². The SMILES string of the molecule is C[C@]12CCC3c4ccc(O)cc4CCC3C1CC(N=O)C2N=O. The van der Waals surface area contributed by atoms with E-state index in [1.54, 1.807) is 6.07 Å². The van der Waals surface area contributed by atoms with Gasteiger partial charge in [0.25, 0.3) is 0 Å². The van der Waals surface area contributed by atoms with E-state index >= 15 is 0 Å². The van der Waals surface area contributed by atoms with Gasteiger partial charge in [-0.05, 0) is 78.5 Å². The first kappa shape index (κ1) is 14.8. The molecule has 4 rings (SSSR count). The highest BCUT2D eigenvalue weighted by atomic mass is 16.3. The van der Waals surface area contributed by atoms with E-state index in [4.69, 9.17) is 0 Å². The van der Waals surface area contributed by atoms with Crippen molar-refractivity contribution in [3.63, 3.8) is 0 Å². The van der Waals surface area contributed by atoms with Crippen molar-refractivity contribution in [1.82, 2.24) is 0 Å². The summed E-state index contributed by atoms with van der Waals surface area (Å²) < 4.78 is 0. The molecular formula is C18H22N2O3. The molecule has 0 aromatic heterocycles. The first-order valence-corrected chi connectivity index (χ1v) is 8.55. The lowest BCUT2D eigenvalue weighted by Crippen LogP contribution is -2.44. The molecule has 5 nitrogen and oxygen atoms in total. The minimum atomic E-state index is -0.466. The molecule has 1 aromatic carbocycles. The number of nitroso groups, excluding NO2 is 2. The van der Waals surface area contributed by atoms with Crippen molar-refractivity contribution in [2.75, 3.05) is 0 Å². The summed E-state index contributed by atoms with van der Waals surface area (Å²) in [4.78, 5) is 22.5.